The van der Waals surface area contributed by atoms with Crippen molar-refractivity contribution < 1.29 is 8.78 Å². The van der Waals surface area contributed by atoms with Crippen molar-refractivity contribution in [3.05, 3.63) is 62.8 Å². The van der Waals surface area contributed by atoms with Crippen molar-refractivity contribution in [2.45, 2.75) is 19.9 Å². The molecule has 0 unspecified atom stereocenters. The average molecular weight is 285 g/mol. The van der Waals surface area contributed by atoms with Gasteiger partial charge >= 0.3 is 0 Å². The van der Waals surface area contributed by atoms with Gasteiger partial charge in [-0.2, -0.15) is 0 Å². The van der Waals surface area contributed by atoms with Gasteiger partial charge in [-0.3, -0.25) is 9.36 Å². The van der Waals surface area contributed by atoms with Crippen LogP contribution in [-0.2, 0) is 13.0 Å². The predicted molar refractivity (Wildman–Crippen MR) is 68.3 cm³/mol. The van der Waals surface area contributed by atoms with Crippen LogP contribution < -0.4 is 5.56 Å². The van der Waals surface area contributed by atoms with Crippen molar-refractivity contribution in [1.82, 2.24) is 9.55 Å². The molecule has 0 amide bonds. The van der Waals surface area contributed by atoms with Crippen LogP contribution in [0.25, 0.3) is 0 Å². The fourth-order valence-electron chi connectivity index (χ4n) is 1.80. The molecule has 0 aliphatic carbocycles. The minimum absolute atomic E-state index is 0.0736. The number of nitrogens with zero attached hydrogens (tertiary/aromatic N) is 2. The van der Waals surface area contributed by atoms with Crippen molar-refractivity contribution in [2.24, 2.45) is 0 Å². The van der Waals surface area contributed by atoms with Crippen LogP contribution in [0.15, 0.2) is 29.1 Å². The minimum atomic E-state index is -0.952. The highest BCUT2D eigenvalue weighted by Gasteiger charge is 2.12. The largest absolute Gasteiger partial charge is 0.292 e. The van der Waals surface area contributed by atoms with E-state index in [9.17, 15) is 13.6 Å². The van der Waals surface area contributed by atoms with Crippen molar-refractivity contribution >= 4 is 11.6 Å². The monoisotopic (exact) mass is 284 g/mol. The number of halogens is 3. The van der Waals surface area contributed by atoms with Gasteiger partial charge in [0.15, 0.2) is 11.6 Å². The standard InChI is InChI=1S/C13H11ClF2N2O/c1-2-11-17-10(14)6-12(19)18(11)7-8-4-3-5-9(15)13(8)16/h3-6H,2,7H2,1H3. The molecule has 0 saturated carbocycles. The lowest BCUT2D eigenvalue weighted by atomic mass is 10.2. The molecule has 2 rings (SSSR count). The summed E-state index contributed by atoms with van der Waals surface area (Å²) in [5.74, 6) is -1.46. The molecule has 2 aromatic rings. The molecular weight excluding hydrogens is 274 g/mol. The van der Waals surface area contributed by atoms with E-state index in [1.54, 1.807) is 6.92 Å². The maximum absolute atomic E-state index is 13.6. The Bertz CT molecular complexity index is 670. The van der Waals surface area contributed by atoms with E-state index in [0.29, 0.717) is 12.2 Å². The maximum Gasteiger partial charge on any atom is 0.255 e. The number of aromatic nitrogens is 2. The second kappa shape index (κ2) is 5.48. The predicted octanol–water partition coefficient (Wildman–Crippen LogP) is 2.79. The zero-order chi connectivity index (χ0) is 14.0. The Morgan fingerprint density at radius 3 is 2.79 bits per heavy atom. The number of hydrogen-bond donors (Lipinski definition) is 0. The zero-order valence-electron chi connectivity index (χ0n) is 10.2. The molecule has 1 aromatic heterocycles. The third kappa shape index (κ3) is 2.81. The molecule has 0 fully saturated rings. The maximum atomic E-state index is 13.6. The average Bonchev–Trinajstić information content (AvgIpc) is 2.37. The molecule has 0 atom stereocenters. The molecule has 0 N–H and O–H groups in total. The second-order valence-electron chi connectivity index (χ2n) is 3.99. The van der Waals surface area contributed by atoms with Crippen LogP contribution in [0.2, 0.25) is 5.15 Å². The molecule has 0 saturated heterocycles. The quantitative estimate of drug-likeness (QED) is 0.813. The van der Waals surface area contributed by atoms with E-state index in [0.717, 1.165) is 12.1 Å². The van der Waals surface area contributed by atoms with Gasteiger partial charge < -0.3 is 0 Å². The summed E-state index contributed by atoms with van der Waals surface area (Å²) in [4.78, 5) is 15.9. The van der Waals surface area contributed by atoms with E-state index in [1.807, 2.05) is 0 Å². The zero-order valence-corrected chi connectivity index (χ0v) is 10.9. The first kappa shape index (κ1) is 13.7. The van der Waals surface area contributed by atoms with Crippen molar-refractivity contribution in [3.8, 4) is 0 Å². The highest BCUT2D eigenvalue weighted by Crippen LogP contribution is 2.13. The van der Waals surface area contributed by atoms with Gasteiger partial charge in [-0.25, -0.2) is 13.8 Å². The fourth-order valence-corrected chi connectivity index (χ4v) is 1.99. The van der Waals surface area contributed by atoms with E-state index in [2.05, 4.69) is 4.98 Å². The van der Waals surface area contributed by atoms with Gasteiger partial charge in [0, 0.05) is 18.1 Å². The van der Waals surface area contributed by atoms with Crippen LogP contribution in [0.1, 0.15) is 18.3 Å². The van der Waals surface area contributed by atoms with Crippen LogP contribution in [0.3, 0.4) is 0 Å². The summed E-state index contributed by atoms with van der Waals surface area (Å²) in [6, 6.07) is 5.01. The second-order valence-corrected chi connectivity index (χ2v) is 4.37. The van der Waals surface area contributed by atoms with Gasteiger partial charge in [0.25, 0.3) is 5.56 Å². The summed E-state index contributed by atoms with van der Waals surface area (Å²) >= 11 is 5.70. The van der Waals surface area contributed by atoms with Crippen LogP contribution in [-0.4, -0.2) is 9.55 Å². The lowest BCUT2D eigenvalue weighted by Crippen LogP contribution is -2.25. The van der Waals surface area contributed by atoms with Gasteiger partial charge in [-0.15, -0.1) is 0 Å². The lowest BCUT2D eigenvalue weighted by molar-refractivity contribution is 0.492. The summed E-state index contributed by atoms with van der Waals surface area (Å²) in [7, 11) is 0. The minimum Gasteiger partial charge on any atom is -0.292 e. The molecule has 3 nitrogen and oxygen atoms in total. The van der Waals surface area contributed by atoms with Crippen LogP contribution in [0.4, 0.5) is 8.78 Å². The summed E-state index contributed by atoms with van der Waals surface area (Å²) in [6.07, 6.45) is 0.465. The molecule has 1 aromatic carbocycles. The lowest BCUT2D eigenvalue weighted by Gasteiger charge is -2.11. The molecule has 0 radical (unpaired) electrons. The Morgan fingerprint density at radius 2 is 2.11 bits per heavy atom. The third-order valence-corrected chi connectivity index (χ3v) is 2.93. The molecule has 0 bridgehead atoms. The Labute approximate surface area is 113 Å². The smallest absolute Gasteiger partial charge is 0.255 e. The Morgan fingerprint density at radius 1 is 1.37 bits per heavy atom. The SMILES string of the molecule is CCc1nc(Cl)cc(=O)n1Cc1cccc(F)c1F. The van der Waals surface area contributed by atoms with E-state index in [1.165, 1.54) is 16.7 Å². The van der Waals surface area contributed by atoms with E-state index in [-0.39, 0.29) is 22.8 Å². The van der Waals surface area contributed by atoms with Crippen molar-refractivity contribution in [1.29, 1.82) is 0 Å². The Balaban J connectivity index is 2.49. The first-order valence-corrected chi connectivity index (χ1v) is 6.10. The normalized spacial score (nSPS) is 10.7. The first-order chi connectivity index (χ1) is 9.02. The van der Waals surface area contributed by atoms with Gasteiger partial charge in [-0.05, 0) is 6.07 Å². The van der Waals surface area contributed by atoms with Gasteiger partial charge in [0.2, 0.25) is 0 Å². The molecule has 6 heteroatoms. The van der Waals surface area contributed by atoms with Gasteiger partial charge in [-0.1, -0.05) is 30.7 Å². The third-order valence-electron chi connectivity index (χ3n) is 2.73. The number of hydrogen-bond acceptors (Lipinski definition) is 2. The van der Waals surface area contributed by atoms with Gasteiger partial charge in [0.05, 0.1) is 6.54 Å². The number of benzene rings is 1. The van der Waals surface area contributed by atoms with E-state index in [4.69, 9.17) is 11.6 Å². The fraction of sp³-hybridized carbons (Fsp3) is 0.231. The molecule has 0 aliphatic rings. The summed E-state index contributed by atoms with van der Waals surface area (Å²) < 4.78 is 28.0. The molecule has 0 aliphatic heterocycles. The number of aryl methyl sites for hydroxylation is 1. The van der Waals surface area contributed by atoms with E-state index >= 15 is 0 Å². The highest BCUT2D eigenvalue weighted by molar-refractivity contribution is 6.29. The summed E-state index contributed by atoms with van der Waals surface area (Å²) in [5, 5.41) is 0.0952. The Hall–Kier alpha value is -1.75. The van der Waals surface area contributed by atoms with Gasteiger partial charge in [0.1, 0.15) is 11.0 Å². The van der Waals surface area contributed by atoms with Crippen molar-refractivity contribution in [2.75, 3.05) is 0 Å². The highest BCUT2D eigenvalue weighted by atomic mass is 35.5. The van der Waals surface area contributed by atoms with Crippen LogP contribution in [0, 0.1) is 11.6 Å². The molecule has 1 heterocycles. The topological polar surface area (TPSA) is 34.9 Å². The van der Waals surface area contributed by atoms with Crippen LogP contribution in [0.5, 0.6) is 0 Å². The molecule has 19 heavy (non-hydrogen) atoms. The molecular formula is C13H11ClF2N2O. The summed E-state index contributed by atoms with van der Waals surface area (Å²) in [6.45, 7) is 1.73. The number of rotatable bonds is 3. The Kier molecular flexibility index (Phi) is 3.95. The van der Waals surface area contributed by atoms with E-state index < -0.39 is 11.6 Å². The van der Waals surface area contributed by atoms with Crippen molar-refractivity contribution in [3.63, 3.8) is 0 Å². The molecule has 0 spiro atoms. The first-order valence-electron chi connectivity index (χ1n) is 5.72. The summed E-state index contributed by atoms with van der Waals surface area (Å²) in [5.41, 5.74) is -0.290. The van der Waals surface area contributed by atoms with Crippen LogP contribution >= 0.6 is 11.6 Å². The molecule has 100 valence electrons.